The minimum absolute atomic E-state index is 0.553. The molecule has 0 spiro atoms. The molecule has 1 saturated carbocycles. The molecule has 1 aromatic heterocycles. The first-order valence-corrected chi connectivity index (χ1v) is 4.33. The quantitative estimate of drug-likeness (QED) is 0.683. The fraction of sp³-hybridized carbons (Fsp3) is 0.500. The Morgan fingerprint density at radius 3 is 2.50 bits per heavy atom. The number of aromatic nitrogens is 1. The van der Waals surface area contributed by atoms with E-state index in [0.29, 0.717) is 5.92 Å². The van der Waals surface area contributed by atoms with Crippen LogP contribution >= 0.6 is 0 Å². The van der Waals surface area contributed by atoms with E-state index in [1.54, 1.807) is 12.4 Å². The van der Waals surface area contributed by atoms with E-state index in [1.165, 1.54) is 0 Å². The molecule has 12 heavy (non-hydrogen) atoms. The van der Waals surface area contributed by atoms with Gasteiger partial charge < -0.3 is 5.11 Å². The molecule has 2 rings (SSSR count). The number of pyridine rings is 1. The van der Waals surface area contributed by atoms with Crippen LogP contribution in [0.25, 0.3) is 0 Å². The maximum atomic E-state index is 10.0. The van der Waals surface area contributed by atoms with Crippen molar-refractivity contribution >= 4 is 0 Å². The van der Waals surface area contributed by atoms with Gasteiger partial charge in [0, 0.05) is 12.4 Å². The van der Waals surface area contributed by atoms with E-state index in [0.717, 1.165) is 18.4 Å². The van der Waals surface area contributed by atoms with Crippen LogP contribution in [0.2, 0.25) is 0 Å². The van der Waals surface area contributed by atoms with Gasteiger partial charge in [-0.05, 0) is 36.5 Å². The van der Waals surface area contributed by atoms with Gasteiger partial charge in [-0.15, -0.1) is 0 Å². The summed E-state index contributed by atoms with van der Waals surface area (Å²) in [7, 11) is 0. The zero-order valence-corrected chi connectivity index (χ0v) is 7.20. The summed E-state index contributed by atoms with van der Waals surface area (Å²) >= 11 is 0. The van der Waals surface area contributed by atoms with Crippen molar-refractivity contribution in [2.45, 2.75) is 25.4 Å². The van der Waals surface area contributed by atoms with Crippen LogP contribution in [0.3, 0.4) is 0 Å². The molecule has 0 unspecified atom stereocenters. The van der Waals surface area contributed by atoms with Crippen LogP contribution in [0.15, 0.2) is 24.5 Å². The fourth-order valence-corrected chi connectivity index (χ4v) is 1.99. The molecule has 0 amide bonds. The van der Waals surface area contributed by atoms with Crippen molar-refractivity contribution in [3.05, 3.63) is 30.1 Å². The highest BCUT2D eigenvalue weighted by Gasteiger charge is 2.41. The van der Waals surface area contributed by atoms with Crippen LogP contribution < -0.4 is 0 Å². The second-order valence-electron chi connectivity index (χ2n) is 3.78. The van der Waals surface area contributed by atoms with Crippen molar-refractivity contribution < 1.29 is 5.11 Å². The zero-order valence-electron chi connectivity index (χ0n) is 7.20. The number of nitrogens with zero attached hydrogens (tertiary/aromatic N) is 1. The van der Waals surface area contributed by atoms with Crippen molar-refractivity contribution in [2.24, 2.45) is 5.92 Å². The first-order valence-electron chi connectivity index (χ1n) is 4.33. The predicted molar refractivity (Wildman–Crippen MR) is 46.5 cm³/mol. The van der Waals surface area contributed by atoms with Crippen molar-refractivity contribution in [1.82, 2.24) is 4.98 Å². The van der Waals surface area contributed by atoms with E-state index < -0.39 is 5.60 Å². The largest absolute Gasteiger partial charge is 0.385 e. The van der Waals surface area contributed by atoms with Gasteiger partial charge in [-0.1, -0.05) is 6.92 Å². The minimum atomic E-state index is -0.553. The third-order valence-electron chi connectivity index (χ3n) is 2.59. The first kappa shape index (κ1) is 7.74. The lowest BCUT2D eigenvalue weighted by atomic mass is 9.68. The van der Waals surface area contributed by atoms with Crippen molar-refractivity contribution in [2.75, 3.05) is 0 Å². The lowest BCUT2D eigenvalue weighted by Gasteiger charge is -2.42. The summed E-state index contributed by atoms with van der Waals surface area (Å²) < 4.78 is 0. The third kappa shape index (κ3) is 1.12. The van der Waals surface area contributed by atoms with Gasteiger partial charge >= 0.3 is 0 Å². The molecular weight excluding hydrogens is 150 g/mol. The highest BCUT2D eigenvalue weighted by Crippen LogP contribution is 2.44. The molecule has 1 fully saturated rings. The van der Waals surface area contributed by atoms with Gasteiger partial charge in [-0.3, -0.25) is 4.98 Å². The first-order chi connectivity index (χ1) is 5.71. The molecule has 1 heterocycles. The van der Waals surface area contributed by atoms with E-state index >= 15 is 0 Å². The standard InChI is InChI=1S/C10H13NO/c1-8-6-10(12,7-8)9-2-4-11-5-3-9/h2-5,8,12H,6-7H2,1H3. The smallest absolute Gasteiger partial charge is 0.0902 e. The molecule has 1 N–H and O–H groups in total. The van der Waals surface area contributed by atoms with Crippen LogP contribution in [0.1, 0.15) is 25.3 Å². The second kappa shape index (κ2) is 2.56. The number of aliphatic hydroxyl groups is 1. The third-order valence-corrected chi connectivity index (χ3v) is 2.59. The summed E-state index contributed by atoms with van der Waals surface area (Å²) in [6.07, 6.45) is 5.24. The molecule has 0 radical (unpaired) electrons. The highest BCUT2D eigenvalue weighted by atomic mass is 16.3. The van der Waals surface area contributed by atoms with Crippen LogP contribution in [0, 0.1) is 5.92 Å². The second-order valence-corrected chi connectivity index (χ2v) is 3.78. The van der Waals surface area contributed by atoms with E-state index in [4.69, 9.17) is 0 Å². The monoisotopic (exact) mass is 163 g/mol. The van der Waals surface area contributed by atoms with Crippen molar-refractivity contribution in [3.8, 4) is 0 Å². The fourth-order valence-electron chi connectivity index (χ4n) is 1.99. The molecule has 0 saturated heterocycles. The summed E-state index contributed by atoms with van der Waals surface area (Å²) in [5.74, 6) is 0.656. The van der Waals surface area contributed by atoms with Gasteiger partial charge in [0.15, 0.2) is 0 Å². The van der Waals surface area contributed by atoms with Gasteiger partial charge in [0.1, 0.15) is 0 Å². The SMILES string of the molecule is CC1CC(O)(c2ccncc2)C1. The molecule has 1 aliphatic carbocycles. The molecule has 2 nitrogen and oxygen atoms in total. The maximum absolute atomic E-state index is 10.0. The summed E-state index contributed by atoms with van der Waals surface area (Å²) in [6, 6.07) is 3.79. The Morgan fingerprint density at radius 1 is 1.42 bits per heavy atom. The van der Waals surface area contributed by atoms with E-state index in [1.807, 2.05) is 12.1 Å². The van der Waals surface area contributed by atoms with E-state index in [-0.39, 0.29) is 0 Å². The van der Waals surface area contributed by atoms with Crippen LogP contribution in [0.5, 0.6) is 0 Å². The molecule has 1 aliphatic rings. The van der Waals surface area contributed by atoms with Crippen LogP contribution in [0.4, 0.5) is 0 Å². The summed E-state index contributed by atoms with van der Waals surface area (Å²) in [6.45, 7) is 2.16. The molecule has 64 valence electrons. The molecule has 0 bridgehead atoms. The van der Waals surface area contributed by atoms with Gasteiger partial charge in [-0.25, -0.2) is 0 Å². The topological polar surface area (TPSA) is 33.1 Å². The van der Waals surface area contributed by atoms with E-state index in [2.05, 4.69) is 11.9 Å². The lowest BCUT2D eigenvalue weighted by molar-refractivity contribution is -0.0738. The Morgan fingerprint density at radius 2 is 2.00 bits per heavy atom. The van der Waals surface area contributed by atoms with Crippen molar-refractivity contribution in [1.29, 1.82) is 0 Å². The molecule has 1 aromatic rings. The van der Waals surface area contributed by atoms with Crippen molar-refractivity contribution in [3.63, 3.8) is 0 Å². The van der Waals surface area contributed by atoms with Gasteiger partial charge in [0.05, 0.1) is 5.60 Å². The van der Waals surface area contributed by atoms with Gasteiger partial charge in [-0.2, -0.15) is 0 Å². The van der Waals surface area contributed by atoms with Crippen LogP contribution in [-0.2, 0) is 5.60 Å². The lowest BCUT2D eigenvalue weighted by Crippen LogP contribution is -2.39. The Bertz CT molecular complexity index is 264. The average Bonchev–Trinajstić information content (AvgIpc) is 2.04. The molecule has 2 heteroatoms. The Hall–Kier alpha value is -0.890. The van der Waals surface area contributed by atoms with Gasteiger partial charge in [0.25, 0.3) is 0 Å². The molecule has 0 atom stereocenters. The summed E-state index contributed by atoms with van der Waals surface area (Å²) in [4.78, 5) is 3.93. The van der Waals surface area contributed by atoms with Gasteiger partial charge in [0.2, 0.25) is 0 Å². The normalized spacial score (nSPS) is 34.3. The molecular formula is C10H13NO. The maximum Gasteiger partial charge on any atom is 0.0902 e. The Balaban J connectivity index is 2.21. The molecule has 0 aromatic carbocycles. The number of hydrogen-bond acceptors (Lipinski definition) is 2. The average molecular weight is 163 g/mol. The minimum Gasteiger partial charge on any atom is -0.385 e. The Labute approximate surface area is 72.3 Å². The number of hydrogen-bond donors (Lipinski definition) is 1. The van der Waals surface area contributed by atoms with E-state index in [9.17, 15) is 5.11 Å². The highest BCUT2D eigenvalue weighted by molar-refractivity contribution is 5.22. The summed E-state index contributed by atoms with van der Waals surface area (Å²) in [5.41, 5.74) is 0.457. The zero-order chi connectivity index (χ0) is 8.60. The molecule has 0 aliphatic heterocycles. The van der Waals surface area contributed by atoms with Crippen LogP contribution in [-0.4, -0.2) is 10.1 Å². The summed E-state index contributed by atoms with van der Waals surface area (Å²) in [5, 5.41) is 10.0. The predicted octanol–water partition coefficient (Wildman–Crippen LogP) is 1.70. The number of rotatable bonds is 1. The Kier molecular flexibility index (Phi) is 1.65.